The molecule has 0 aliphatic carbocycles. The molecule has 2 aliphatic rings. The van der Waals surface area contributed by atoms with Crippen molar-refractivity contribution in [2.45, 2.75) is 32.0 Å². The van der Waals surface area contributed by atoms with Crippen LogP contribution < -0.4 is 15.9 Å². The maximum atomic E-state index is 14.6. The number of likely N-dealkylation sites (tertiary alicyclic amines) is 1. The van der Waals surface area contributed by atoms with Gasteiger partial charge in [0, 0.05) is 38.5 Å². The highest BCUT2D eigenvalue weighted by Gasteiger charge is 2.55. The molecule has 2 fully saturated rings. The van der Waals surface area contributed by atoms with Gasteiger partial charge >= 0.3 is 5.97 Å². The van der Waals surface area contributed by atoms with Gasteiger partial charge in [-0.15, -0.1) is 0 Å². The molecule has 6 rings (SSSR count). The van der Waals surface area contributed by atoms with E-state index in [1.165, 1.54) is 11.0 Å². The number of nitrogens with zero attached hydrogens (tertiary/aromatic N) is 2. The van der Waals surface area contributed by atoms with E-state index in [2.05, 4.69) is 11.5 Å². The number of ketones is 1. The molecular formula is C41H43N2O6P. The molecule has 2 saturated heterocycles. The number of morpholine rings is 1. The van der Waals surface area contributed by atoms with Gasteiger partial charge in [0.05, 0.1) is 31.3 Å². The number of aliphatic hydroxyl groups is 1. The Hall–Kier alpha value is -4.59. The van der Waals surface area contributed by atoms with E-state index in [0.717, 1.165) is 41.1 Å². The highest BCUT2D eigenvalue weighted by atomic mass is 31.2. The zero-order valence-corrected chi connectivity index (χ0v) is 29.2. The number of Topliss-reactive ketones (excluding diaryl/α,β-unsaturated/α-hetero) is 1. The summed E-state index contributed by atoms with van der Waals surface area (Å²) in [7, 11) is 0. The van der Waals surface area contributed by atoms with Crippen LogP contribution in [0.15, 0.2) is 128 Å². The second-order valence-corrected chi connectivity index (χ2v) is 16.0. The highest BCUT2D eigenvalue weighted by molar-refractivity contribution is 7.96. The van der Waals surface area contributed by atoms with Crippen molar-refractivity contribution >= 4 is 45.9 Å². The molecule has 0 spiro atoms. The van der Waals surface area contributed by atoms with Crippen LogP contribution in [0, 0.1) is 5.92 Å². The van der Waals surface area contributed by atoms with Crippen molar-refractivity contribution in [2.24, 2.45) is 5.92 Å². The van der Waals surface area contributed by atoms with E-state index in [1.54, 1.807) is 6.92 Å². The SMILES string of the molecule is C=CCOC(=O)C(N1C(=O)[C@H]([C@@H](C)O)[C@H]1CC(=O)c1ccc(CN2CCOCC2)cc1)=P(c1ccccc1)(c1ccccc1)c1ccccc1. The molecule has 0 radical (unpaired) electrons. The molecule has 0 aromatic heterocycles. The van der Waals surface area contributed by atoms with Crippen LogP contribution in [0.1, 0.15) is 29.3 Å². The number of rotatable bonds is 13. The van der Waals surface area contributed by atoms with Crippen LogP contribution in [0.2, 0.25) is 0 Å². The molecule has 258 valence electrons. The van der Waals surface area contributed by atoms with Crippen molar-refractivity contribution in [3.05, 3.63) is 139 Å². The van der Waals surface area contributed by atoms with Gasteiger partial charge in [0.2, 0.25) is 5.91 Å². The molecule has 1 N–H and O–H groups in total. The number of benzene rings is 4. The summed E-state index contributed by atoms with van der Waals surface area (Å²) in [5.41, 5.74) is 1.77. The van der Waals surface area contributed by atoms with Crippen molar-refractivity contribution < 1.29 is 29.0 Å². The van der Waals surface area contributed by atoms with Gasteiger partial charge < -0.3 is 19.5 Å². The molecule has 2 heterocycles. The summed E-state index contributed by atoms with van der Waals surface area (Å²) >= 11 is 0. The summed E-state index contributed by atoms with van der Waals surface area (Å²) in [5, 5.41) is 13.5. The number of amides is 1. The lowest BCUT2D eigenvalue weighted by Crippen LogP contribution is -2.68. The first-order valence-electron chi connectivity index (χ1n) is 17.0. The normalized spacial score (nSPS) is 18.5. The molecule has 4 aromatic rings. The van der Waals surface area contributed by atoms with E-state index in [1.807, 2.05) is 115 Å². The van der Waals surface area contributed by atoms with Crippen LogP contribution in [0.4, 0.5) is 0 Å². The van der Waals surface area contributed by atoms with Crippen molar-refractivity contribution in [1.82, 2.24) is 9.80 Å². The molecule has 2 aliphatic heterocycles. The Morgan fingerprint density at radius 3 is 1.88 bits per heavy atom. The number of aliphatic hydroxyl groups excluding tert-OH is 1. The van der Waals surface area contributed by atoms with Crippen LogP contribution >= 0.6 is 6.89 Å². The van der Waals surface area contributed by atoms with E-state index in [9.17, 15) is 19.5 Å². The zero-order chi connectivity index (χ0) is 35.1. The lowest BCUT2D eigenvalue weighted by molar-refractivity contribution is -0.157. The molecule has 4 aromatic carbocycles. The maximum absolute atomic E-state index is 14.6. The second-order valence-electron chi connectivity index (χ2n) is 12.6. The third-order valence-corrected chi connectivity index (χ3v) is 13.7. The maximum Gasteiger partial charge on any atom is 0.356 e. The number of hydrogen-bond acceptors (Lipinski definition) is 7. The molecule has 0 bridgehead atoms. The van der Waals surface area contributed by atoms with Gasteiger partial charge in [-0.1, -0.05) is 128 Å². The summed E-state index contributed by atoms with van der Waals surface area (Å²) in [5.74, 6) is -2.16. The van der Waals surface area contributed by atoms with E-state index >= 15 is 0 Å². The molecule has 1 amide bonds. The minimum Gasteiger partial charge on any atom is -0.457 e. The van der Waals surface area contributed by atoms with Crippen molar-refractivity contribution in [1.29, 1.82) is 0 Å². The summed E-state index contributed by atoms with van der Waals surface area (Å²) in [6.45, 7) is 5.99. The zero-order valence-electron chi connectivity index (χ0n) is 28.3. The summed E-state index contributed by atoms with van der Waals surface area (Å²) in [4.78, 5) is 46.7. The van der Waals surface area contributed by atoms with E-state index in [0.29, 0.717) is 18.8 Å². The summed E-state index contributed by atoms with van der Waals surface area (Å²) in [6, 6.07) is 35.9. The minimum absolute atomic E-state index is 0.0665. The van der Waals surface area contributed by atoms with Crippen molar-refractivity contribution in [3.63, 3.8) is 0 Å². The van der Waals surface area contributed by atoms with E-state index in [-0.39, 0.29) is 24.2 Å². The van der Waals surface area contributed by atoms with Gasteiger partial charge in [0.15, 0.2) is 5.78 Å². The average molecular weight is 691 g/mol. The molecule has 0 saturated carbocycles. The Bertz CT molecular complexity index is 1750. The lowest BCUT2D eigenvalue weighted by atomic mass is 9.79. The molecule has 9 heteroatoms. The Balaban J connectivity index is 1.50. The molecule has 8 nitrogen and oxygen atoms in total. The van der Waals surface area contributed by atoms with Gasteiger partial charge in [-0.2, -0.15) is 0 Å². The van der Waals surface area contributed by atoms with Crippen LogP contribution in [0.25, 0.3) is 0 Å². The van der Waals surface area contributed by atoms with Gasteiger partial charge in [-0.3, -0.25) is 14.5 Å². The van der Waals surface area contributed by atoms with Gasteiger partial charge in [-0.25, -0.2) is 4.79 Å². The van der Waals surface area contributed by atoms with E-state index in [4.69, 9.17) is 9.47 Å². The highest BCUT2D eigenvalue weighted by Crippen LogP contribution is 2.50. The first kappa shape index (κ1) is 35.2. The van der Waals surface area contributed by atoms with Gasteiger partial charge in [0.1, 0.15) is 12.0 Å². The van der Waals surface area contributed by atoms with Gasteiger partial charge in [-0.05, 0) is 28.4 Å². The smallest absolute Gasteiger partial charge is 0.356 e. The van der Waals surface area contributed by atoms with Crippen molar-refractivity contribution in [2.75, 3.05) is 32.9 Å². The first-order chi connectivity index (χ1) is 24.4. The fourth-order valence-electron chi connectivity index (χ4n) is 7.06. The van der Waals surface area contributed by atoms with Crippen LogP contribution in [-0.2, 0) is 25.6 Å². The predicted molar refractivity (Wildman–Crippen MR) is 199 cm³/mol. The second kappa shape index (κ2) is 16.0. The average Bonchev–Trinajstić information content (AvgIpc) is 3.15. The van der Waals surface area contributed by atoms with Crippen LogP contribution in [0.5, 0.6) is 0 Å². The largest absolute Gasteiger partial charge is 0.457 e. The molecule has 0 unspecified atom stereocenters. The quantitative estimate of drug-likeness (QED) is 0.0741. The standard InChI is InChI=1S/C41H43N2O6P/c1-3-25-49-41(47)40(50(33-13-7-4-8-14-33,34-15-9-5-10-16-34)35-17-11-6-12-18-35)43-36(38(30(2)44)39(43)46)28-37(45)32-21-19-31(20-22-32)29-42-23-26-48-27-24-42/h3-22,30,36,38,44H,1,23-29H2,2H3/t30-,36-,38-/m1/s1. The fraction of sp³-hybridized carbons (Fsp3) is 0.268. The van der Waals surface area contributed by atoms with Crippen LogP contribution in [-0.4, -0.2) is 83.0 Å². The third-order valence-electron chi connectivity index (χ3n) is 9.46. The number of hydrogen-bond donors (Lipinski definition) is 1. The minimum atomic E-state index is -3.15. The number of ether oxygens (including phenoxy) is 2. The molecule has 3 atom stereocenters. The Kier molecular flexibility index (Phi) is 11.3. The summed E-state index contributed by atoms with van der Waals surface area (Å²) < 4.78 is 11.3. The number of carbonyl (C=O) groups excluding carboxylic acids is 3. The Morgan fingerprint density at radius 2 is 1.40 bits per heavy atom. The fourth-order valence-corrected chi connectivity index (χ4v) is 11.5. The van der Waals surface area contributed by atoms with Crippen LogP contribution in [0.3, 0.4) is 0 Å². The van der Waals surface area contributed by atoms with Gasteiger partial charge in [0.25, 0.3) is 0 Å². The van der Waals surface area contributed by atoms with E-state index < -0.39 is 36.8 Å². The number of carbonyl (C=O) groups is 3. The molecular weight excluding hydrogens is 647 g/mol. The Morgan fingerprint density at radius 1 is 0.880 bits per heavy atom. The third kappa shape index (κ3) is 7.03. The lowest BCUT2D eigenvalue weighted by Gasteiger charge is -2.50. The number of esters is 1. The monoisotopic (exact) mass is 690 g/mol. The Labute approximate surface area is 293 Å². The van der Waals surface area contributed by atoms with Crippen molar-refractivity contribution in [3.8, 4) is 0 Å². The predicted octanol–water partition coefficient (Wildman–Crippen LogP) is 4.15. The topological polar surface area (TPSA) is 96.4 Å². The first-order valence-corrected chi connectivity index (χ1v) is 18.8. The summed E-state index contributed by atoms with van der Waals surface area (Å²) in [6.07, 6.45) is 0.361. The molecule has 50 heavy (non-hydrogen) atoms. The number of β-lactam (4-membered cyclic amide) rings is 1.